The maximum absolute atomic E-state index is 11.5. The van der Waals surface area contributed by atoms with Crippen LogP contribution in [0.4, 0.5) is 0 Å². The maximum atomic E-state index is 11.5. The average Bonchev–Trinajstić information content (AvgIpc) is 2.27. The molecule has 5 heteroatoms. The Balaban J connectivity index is 2.79. The molecule has 16 heavy (non-hydrogen) atoms. The number of hydrogen-bond acceptors (Lipinski definition) is 3. The molecule has 2 rings (SSSR count). The molecule has 0 atom stereocenters. The van der Waals surface area contributed by atoms with E-state index < -0.39 is 5.91 Å². The minimum atomic E-state index is -0.516. The monoisotopic (exact) mass is 328 g/mol. The van der Waals surface area contributed by atoms with Gasteiger partial charge in [0.1, 0.15) is 0 Å². The van der Waals surface area contributed by atoms with Gasteiger partial charge in [-0.2, -0.15) is 0 Å². The molecule has 2 aromatic rings. The van der Waals surface area contributed by atoms with Crippen molar-refractivity contribution in [3.05, 3.63) is 39.1 Å². The number of aromatic nitrogens is 1. The van der Waals surface area contributed by atoms with Crippen molar-refractivity contribution in [3.8, 4) is 0 Å². The lowest BCUT2D eigenvalue weighted by molar-refractivity contribution is 0.0708. The Morgan fingerprint density at radius 2 is 2.19 bits per heavy atom. The van der Waals surface area contributed by atoms with E-state index in [0.717, 1.165) is 20.2 Å². The van der Waals surface area contributed by atoms with Crippen LogP contribution in [0.15, 0.2) is 24.3 Å². The molecular formula is C11H9IN2O2. The minimum absolute atomic E-state index is 0.434. The lowest BCUT2D eigenvalue weighted by atomic mass is 10.1. The van der Waals surface area contributed by atoms with E-state index in [0.29, 0.717) is 5.56 Å². The van der Waals surface area contributed by atoms with Crippen molar-refractivity contribution >= 4 is 39.4 Å². The summed E-state index contributed by atoms with van der Waals surface area (Å²) in [6.07, 6.45) is 0. The standard InChI is InChI=1S/C11H9IN2O2/c1-6-4-9(11(15)14-16)8-5-7(12)2-3-10(8)13-6/h2-5,16H,1H3,(H,14,15). The number of amides is 1. The van der Waals surface area contributed by atoms with Crippen LogP contribution in [-0.4, -0.2) is 16.1 Å². The molecule has 0 spiro atoms. The molecule has 0 fully saturated rings. The number of benzene rings is 1. The maximum Gasteiger partial charge on any atom is 0.275 e. The summed E-state index contributed by atoms with van der Waals surface area (Å²) in [7, 11) is 0. The summed E-state index contributed by atoms with van der Waals surface area (Å²) in [6.45, 7) is 1.81. The summed E-state index contributed by atoms with van der Waals surface area (Å²) in [4.78, 5) is 15.8. The highest BCUT2D eigenvalue weighted by atomic mass is 127. The zero-order valence-electron chi connectivity index (χ0n) is 8.49. The molecule has 0 unspecified atom stereocenters. The number of aryl methyl sites for hydroxylation is 1. The summed E-state index contributed by atoms with van der Waals surface area (Å²) in [5.41, 5.74) is 3.58. The second-order valence-corrected chi connectivity index (χ2v) is 4.66. The van der Waals surface area contributed by atoms with Crippen LogP contribution in [0.25, 0.3) is 10.9 Å². The van der Waals surface area contributed by atoms with Crippen LogP contribution in [-0.2, 0) is 0 Å². The SMILES string of the molecule is Cc1cc(C(=O)NO)c2cc(I)ccc2n1. The molecule has 0 aliphatic heterocycles. The fourth-order valence-corrected chi connectivity index (χ4v) is 2.07. The Morgan fingerprint density at radius 3 is 2.88 bits per heavy atom. The third-order valence-electron chi connectivity index (χ3n) is 2.24. The van der Waals surface area contributed by atoms with Gasteiger partial charge in [-0.25, -0.2) is 5.48 Å². The normalized spacial score (nSPS) is 10.4. The number of carbonyl (C=O) groups excluding carboxylic acids is 1. The summed E-state index contributed by atoms with van der Waals surface area (Å²) < 4.78 is 1.02. The van der Waals surface area contributed by atoms with Gasteiger partial charge in [0.15, 0.2) is 0 Å². The highest BCUT2D eigenvalue weighted by Crippen LogP contribution is 2.20. The molecule has 0 aliphatic carbocycles. The number of rotatable bonds is 1. The van der Waals surface area contributed by atoms with Gasteiger partial charge in [0, 0.05) is 14.7 Å². The number of pyridine rings is 1. The van der Waals surface area contributed by atoms with Crippen LogP contribution in [0.2, 0.25) is 0 Å². The zero-order chi connectivity index (χ0) is 11.7. The van der Waals surface area contributed by atoms with E-state index in [2.05, 4.69) is 27.6 Å². The topological polar surface area (TPSA) is 62.2 Å². The molecule has 0 aliphatic rings. The largest absolute Gasteiger partial charge is 0.288 e. The Labute approximate surface area is 106 Å². The van der Waals surface area contributed by atoms with E-state index in [-0.39, 0.29) is 0 Å². The lowest BCUT2D eigenvalue weighted by Gasteiger charge is -2.06. The Bertz CT molecular complexity index is 569. The van der Waals surface area contributed by atoms with Crippen LogP contribution in [0.1, 0.15) is 16.1 Å². The van der Waals surface area contributed by atoms with E-state index in [9.17, 15) is 4.79 Å². The fourth-order valence-electron chi connectivity index (χ4n) is 1.58. The van der Waals surface area contributed by atoms with Gasteiger partial charge in [0.25, 0.3) is 5.91 Å². The first-order valence-corrected chi connectivity index (χ1v) is 5.71. The van der Waals surface area contributed by atoms with Gasteiger partial charge < -0.3 is 0 Å². The second-order valence-electron chi connectivity index (χ2n) is 3.41. The smallest absolute Gasteiger partial charge is 0.275 e. The molecule has 4 nitrogen and oxygen atoms in total. The van der Waals surface area contributed by atoms with Crippen LogP contribution >= 0.6 is 22.6 Å². The Hall–Kier alpha value is -1.21. The Kier molecular flexibility index (Phi) is 3.06. The van der Waals surface area contributed by atoms with E-state index in [1.807, 2.05) is 25.1 Å². The van der Waals surface area contributed by atoms with Crippen molar-refractivity contribution in [2.75, 3.05) is 0 Å². The van der Waals surface area contributed by atoms with Gasteiger partial charge in [0.05, 0.1) is 11.1 Å². The average molecular weight is 328 g/mol. The fraction of sp³-hybridized carbons (Fsp3) is 0.0909. The number of hydroxylamine groups is 1. The van der Waals surface area contributed by atoms with Crippen LogP contribution < -0.4 is 5.48 Å². The Morgan fingerprint density at radius 1 is 1.44 bits per heavy atom. The summed E-state index contributed by atoms with van der Waals surface area (Å²) in [6, 6.07) is 7.31. The molecule has 0 saturated heterocycles. The molecule has 2 N–H and O–H groups in total. The molecule has 1 amide bonds. The highest BCUT2D eigenvalue weighted by molar-refractivity contribution is 14.1. The predicted molar refractivity (Wildman–Crippen MR) is 68.4 cm³/mol. The molecule has 1 aromatic carbocycles. The number of halogens is 1. The van der Waals surface area contributed by atoms with Crippen LogP contribution in [0, 0.1) is 10.5 Å². The van der Waals surface area contributed by atoms with Crippen molar-refractivity contribution < 1.29 is 10.0 Å². The molecule has 0 bridgehead atoms. The first-order valence-electron chi connectivity index (χ1n) is 4.63. The zero-order valence-corrected chi connectivity index (χ0v) is 10.6. The molecule has 0 saturated carbocycles. The molecule has 0 radical (unpaired) electrons. The van der Waals surface area contributed by atoms with Crippen molar-refractivity contribution in [2.24, 2.45) is 0 Å². The summed E-state index contributed by atoms with van der Waals surface area (Å²) in [5, 5.41) is 9.43. The number of carbonyl (C=O) groups is 1. The van der Waals surface area contributed by atoms with Crippen LogP contribution in [0.3, 0.4) is 0 Å². The van der Waals surface area contributed by atoms with Crippen molar-refractivity contribution in [3.63, 3.8) is 0 Å². The van der Waals surface area contributed by atoms with Crippen molar-refractivity contribution in [1.29, 1.82) is 0 Å². The van der Waals surface area contributed by atoms with Gasteiger partial charge in [-0.3, -0.25) is 15.0 Å². The second kappa shape index (κ2) is 4.34. The molecule has 82 valence electrons. The van der Waals surface area contributed by atoms with E-state index in [1.54, 1.807) is 11.5 Å². The number of hydrogen-bond donors (Lipinski definition) is 2. The quantitative estimate of drug-likeness (QED) is 0.480. The lowest BCUT2D eigenvalue weighted by Crippen LogP contribution is -2.19. The van der Waals surface area contributed by atoms with Gasteiger partial charge in [-0.1, -0.05) is 0 Å². The van der Waals surface area contributed by atoms with Gasteiger partial charge in [-0.15, -0.1) is 0 Å². The van der Waals surface area contributed by atoms with Crippen molar-refractivity contribution in [1.82, 2.24) is 10.5 Å². The van der Waals surface area contributed by atoms with Gasteiger partial charge in [0.2, 0.25) is 0 Å². The van der Waals surface area contributed by atoms with Crippen molar-refractivity contribution in [2.45, 2.75) is 6.92 Å². The number of nitrogens with zero attached hydrogens (tertiary/aromatic N) is 1. The first-order chi connectivity index (χ1) is 7.61. The van der Waals surface area contributed by atoms with Gasteiger partial charge >= 0.3 is 0 Å². The first kappa shape index (κ1) is 11.3. The van der Waals surface area contributed by atoms with Crippen LogP contribution in [0.5, 0.6) is 0 Å². The van der Waals surface area contributed by atoms with Gasteiger partial charge in [-0.05, 0) is 53.8 Å². The highest BCUT2D eigenvalue weighted by Gasteiger charge is 2.11. The molecule has 1 heterocycles. The van der Waals surface area contributed by atoms with E-state index >= 15 is 0 Å². The number of fused-ring (bicyclic) bond motifs is 1. The third-order valence-corrected chi connectivity index (χ3v) is 2.92. The molecule has 1 aromatic heterocycles. The summed E-state index contributed by atoms with van der Waals surface area (Å²) in [5.74, 6) is -0.516. The minimum Gasteiger partial charge on any atom is -0.288 e. The summed E-state index contributed by atoms with van der Waals surface area (Å²) >= 11 is 2.17. The van der Waals surface area contributed by atoms with E-state index in [1.165, 1.54) is 0 Å². The number of nitrogens with one attached hydrogen (secondary N) is 1. The third kappa shape index (κ3) is 2.00. The predicted octanol–water partition coefficient (Wildman–Crippen LogP) is 2.27. The van der Waals surface area contributed by atoms with E-state index in [4.69, 9.17) is 5.21 Å². The molecular weight excluding hydrogens is 319 g/mol.